The highest BCUT2D eigenvalue weighted by atomic mass is 32.1. The van der Waals surface area contributed by atoms with Gasteiger partial charge in [-0.1, -0.05) is 56.3 Å². The van der Waals surface area contributed by atoms with E-state index in [1.165, 1.54) is 22.5 Å². The van der Waals surface area contributed by atoms with Gasteiger partial charge < -0.3 is 4.90 Å². The van der Waals surface area contributed by atoms with Crippen molar-refractivity contribution in [2.45, 2.75) is 26.2 Å². The molecule has 0 aliphatic carbocycles. The zero-order valence-electron chi connectivity index (χ0n) is 14.4. The molecule has 4 rings (SSSR count). The van der Waals surface area contributed by atoms with Gasteiger partial charge in [-0.25, -0.2) is 4.98 Å². The minimum Gasteiger partial charge on any atom is -0.306 e. The van der Waals surface area contributed by atoms with E-state index in [2.05, 4.69) is 49.2 Å². The normalized spacial score (nSPS) is 13.3. The van der Waals surface area contributed by atoms with Crippen LogP contribution < -0.4 is 4.90 Å². The Bertz CT molecular complexity index is 912. The summed E-state index contributed by atoms with van der Waals surface area (Å²) >= 11 is 1.53. The van der Waals surface area contributed by atoms with E-state index in [0.717, 1.165) is 29.2 Å². The van der Waals surface area contributed by atoms with E-state index in [0.29, 0.717) is 11.6 Å². The molecule has 0 saturated carbocycles. The number of hydrogen-bond donors (Lipinski definition) is 0. The molecule has 0 radical (unpaired) electrons. The van der Waals surface area contributed by atoms with E-state index < -0.39 is 0 Å². The first-order chi connectivity index (χ1) is 12.1. The van der Waals surface area contributed by atoms with Gasteiger partial charge in [0.15, 0.2) is 0 Å². The molecule has 0 spiro atoms. The van der Waals surface area contributed by atoms with Crippen molar-refractivity contribution in [2.75, 3.05) is 11.4 Å². The second-order valence-corrected chi connectivity index (χ2v) is 7.51. The molecule has 4 heteroatoms. The smallest absolute Gasteiger partial charge is 0.277 e. The molecule has 2 heterocycles. The SMILES string of the molecule is CC(C)c1ccc(-c2nc(C(=O)N3CCc4ccccc43)cs2)cc1. The van der Waals surface area contributed by atoms with Crippen molar-refractivity contribution in [1.29, 1.82) is 0 Å². The van der Waals surface area contributed by atoms with Crippen LogP contribution in [0.1, 0.15) is 41.4 Å². The van der Waals surface area contributed by atoms with Crippen LogP contribution in [0.15, 0.2) is 53.9 Å². The standard InChI is InChI=1S/C21H20N2OS/c1-14(2)15-7-9-17(10-8-15)20-22-18(13-25-20)21(24)23-12-11-16-5-3-4-6-19(16)23/h3-10,13-14H,11-12H2,1-2H3. The monoisotopic (exact) mass is 348 g/mol. The summed E-state index contributed by atoms with van der Waals surface area (Å²) in [6.45, 7) is 5.10. The van der Waals surface area contributed by atoms with E-state index in [9.17, 15) is 4.79 Å². The Kier molecular flexibility index (Phi) is 4.14. The molecule has 0 atom stereocenters. The second-order valence-electron chi connectivity index (χ2n) is 6.65. The lowest BCUT2D eigenvalue weighted by atomic mass is 10.0. The number of hydrogen-bond acceptors (Lipinski definition) is 3. The molecule has 0 saturated heterocycles. The molecule has 0 N–H and O–H groups in total. The number of benzene rings is 2. The summed E-state index contributed by atoms with van der Waals surface area (Å²) < 4.78 is 0. The molecule has 0 fully saturated rings. The van der Waals surface area contributed by atoms with Gasteiger partial charge in [-0.2, -0.15) is 0 Å². The average molecular weight is 348 g/mol. The summed E-state index contributed by atoms with van der Waals surface area (Å²) in [6.07, 6.45) is 0.912. The van der Waals surface area contributed by atoms with Gasteiger partial charge in [0.1, 0.15) is 10.7 Å². The molecule has 1 aliphatic rings. The van der Waals surface area contributed by atoms with Crippen LogP contribution in [0.3, 0.4) is 0 Å². The lowest BCUT2D eigenvalue weighted by Gasteiger charge is -2.15. The maximum Gasteiger partial charge on any atom is 0.277 e. The molecule has 25 heavy (non-hydrogen) atoms. The van der Waals surface area contributed by atoms with E-state index >= 15 is 0 Å². The van der Waals surface area contributed by atoms with E-state index in [4.69, 9.17) is 0 Å². The van der Waals surface area contributed by atoms with E-state index in [1.54, 1.807) is 0 Å². The lowest BCUT2D eigenvalue weighted by Crippen LogP contribution is -2.29. The van der Waals surface area contributed by atoms with Gasteiger partial charge in [-0.15, -0.1) is 11.3 Å². The Balaban J connectivity index is 1.58. The predicted molar refractivity (Wildman–Crippen MR) is 103 cm³/mol. The predicted octanol–water partition coefficient (Wildman–Crippen LogP) is 5.14. The number of aromatic nitrogens is 1. The van der Waals surface area contributed by atoms with Crippen molar-refractivity contribution in [3.63, 3.8) is 0 Å². The Morgan fingerprint density at radius 2 is 1.88 bits per heavy atom. The van der Waals surface area contributed by atoms with Gasteiger partial charge in [-0.05, 0) is 29.5 Å². The van der Waals surface area contributed by atoms with E-state index in [-0.39, 0.29) is 5.91 Å². The van der Waals surface area contributed by atoms with Crippen LogP contribution in [-0.4, -0.2) is 17.4 Å². The van der Waals surface area contributed by atoms with Crippen LogP contribution in [0.4, 0.5) is 5.69 Å². The van der Waals surface area contributed by atoms with E-state index in [1.807, 2.05) is 28.5 Å². The number of carbonyl (C=O) groups excluding carboxylic acids is 1. The molecule has 0 unspecified atom stereocenters. The number of thiazole rings is 1. The largest absolute Gasteiger partial charge is 0.306 e. The summed E-state index contributed by atoms with van der Waals surface area (Å²) in [5.74, 6) is 0.504. The van der Waals surface area contributed by atoms with Crippen molar-refractivity contribution in [3.8, 4) is 10.6 Å². The first-order valence-corrected chi connectivity index (χ1v) is 9.47. The van der Waals surface area contributed by atoms with Gasteiger partial charge in [-0.3, -0.25) is 4.79 Å². The van der Waals surface area contributed by atoms with Crippen molar-refractivity contribution >= 4 is 22.9 Å². The topological polar surface area (TPSA) is 33.2 Å². The highest BCUT2D eigenvalue weighted by molar-refractivity contribution is 7.13. The maximum atomic E-state index is 12.9. The fourth-order valence-electron chi connectivity index (χ4n) is 3.20. The lowest BCUT2D eigenvalue weighted by molar-refractivity contribution is 0.0985. The molecule has 1 amide bonds. The number of rotatable bonds is 3. The Hall–Kier alpha value is -2.46. The third kappa shape index (κ3) is 2.98. The summed E-state index contributed by atoms with van der Waals surface area (Å²) in [5, 5.41) is 2.76. The molecular formula is C21H20N2OS. The van der Waals surface area contributed by atoms with Crippen LogP contribution >= 0.6 is 11.3 Å². The van der Waals surface area contributed by atoms with Gasteiger partial charge in [0, 0.05) is 23.2 Å². The Labute approximate surface area is 152 Å². The number of amides is 1. The Morgan fingerprint density at radius 1 is 1.12 bits per heavy atom. The first-order valence-electron chi connectivity index (χ1n) is 8.59. The van der Waals surface area contributed by atoms with Crippen LogP contribution in [0.2, 0.25) is 0 Å². The van der Waals surface area contributed by atoms with Crippen molar-refractivity contribution < 1.29 is 4.79 Å². The zero-order valence-corrected chi connectivity index (χ0v) is 15.2. The minimum absolute atomic E-state index is 0.00810. The number of fused-ring (bicyclic) bond motifs is 1. The van der Waals surface area contributed by atoms with Crippen molar-refractivity contribution in [1.82, 2.24) is 4.98 Å². The number of carbonyl (C=O) groups is 1. The first kappa shape index (κ1) is 16.0. The van der Waals surface area contributed by atoms with Crippen LogP contribution in [-0.2, 0) is 6.42 Å². The average Bonchev–Trinajstić information content (AvgIpc) is 3.29. The zero-order chi connectivity index (χ0) is 17.4. The third-order valence-electron chi connectivity index (χ3n) is 4.68. The summed E-state index contributed by atoms with van der Waals surface area (Å²) in [7, 11) is 0. The molecule has 1 aromatic heterocycles. The van der Waals surface area contributed by atoms with Crippen LogP contribution in [0, 0.1) is 0 Å². The summed E-state index contributed by atoms with van der Waals surface area (Å²) in [4.78, 5) is 19.3. The van der Waals surface area contributed by atoms with Crippen molar-refractivity contribution in [2.24, 2.45) is 0 Å². The molecule has 0 bridgehead atoms. The molecule has 3 nitrogen and oxygen atoms in total. The second kappa shape index (κ2) is 6.45. The number of anilines is 1. The third-order valence-corrected chi connectivity index (χ3v) is 5.57. The molecule has 3 aromatic rings. The fraction of sp³-hybridized carbons (Fsp3) is 0.238. The van der Waals surface area contributed by atoms with Crippen LogP contribution in [0.25, 0.3) is 10.6 Å². The molecule has 2 aromatic carbocycles. The minimum atomic E-state index is -0.00810. The van der Waals surface area contributed by atoms with Gasteiger partial charge in [0.2, 0.25) is 0 Å². The number of para-hydroxylation sites is 1. The highest BCUT2D eigenvalue weighted by Gasteiger charge is 2.26. The van der Waals surface area contributed by atoms with Gasteiger partial charge in [0.05, 0.1) is 0 Å². The van der Waals surface area contributed by atoms with Gasteiger partial charge in [0.25, 0.3) is 5.91 Å². The van der Waals surface area contributed by atoms with Gasteiger partial charge >= 0.3 is 0 Å². The summed E-state index contributed by atoms with van der Waals surface area (Å²) in [5.41, 5.74) is 5.16. The molecule has 1 aliphatic heterocycles. The Morgan fingerprint density at radius 3 is 2.64 bits per heavy atom. The van der Waals surface area contributed by atoms with Crippen LogP contribution in [0.5, 0.6) is 0 Å². The van der Waals surface area contributed by atoms with Crippen molar-refractivity contribution in [3.05, 3.63) is 70.7 Å². The number of nitrogens with zero attached hydrogens (tertiary/aromatic N) is 2. The molecular weight excluding hydrogens is 328 g/mol. The summed E-state index contributed by atoms with van der Waals surface area (Å²) in [6, 6.07) is 16.6. The maximum absolute atomic E-state index is 12.9. The molecule has 126 valence electrons. The highest BCUT2D eigenvalue weighted by Crippen LogP contribution is 2.31. The fourth-order valence-corrected chi connectivity index (χ4v) is 4.00. The quantitative estimate of drug-likeness (QED) is 0.657.